The van der Waals surface area contributed by atoms with Crippen LogP contribution in [0.2, 0.25) is 0 Å². The molecule has 0 bridgehead atoms. The second-order valence-corrected chi connectivity index (χ2v) is 24.1. The minimum atomic E-state index is -0.0362. The van der Waals surface area contributed by atoms with E-state index in [0.717, 1.165) is 28.4 Å². The molecular formula is C62H70BN3. The fraction of sp³-hybridized carbons (Fsp3) is 0.323. The van der Waals surface area contributed by atoms with E-state index in [-0.39, 0.29) is 33.8 Å². The molecule has 0 fully saturated rings. The van der Waals surface area contributed by atoms with E-state index in [9.17, 15) is 0 Å². The molecule has 7 aromatic carbocycles. The van der Waals surface area contributed by atoms with Crippen molar-refractivity contribution in [3.8, 4) is 0 Å². The monoisotopic (exact) mass is 868 g/mol. The van der Waals surface area contributed by atoms with Gasteiger partial charge >= 0.3 is 0 Å². The van der Waals surface area contributed by atoms with Gasteiger partial charge < -0.3 is 14.7 Å². The first-order valence-corrected chi connectivity index (χ1v) is 24.1. The summed E-state index contributed by atoms with van der Waals surface area (Å²) in [7, 11) is 0. The molecule has 0 saturated carbocycles. The number of benzene rings is 7. The van der Waals surface area contributed by atoms with Gasteiger partial charge in [0.2, 0.25) is 0 Å². The Hall–Kier alpha value is -6.00. The number of hydrogen-bond acceptors (Lipinski definition) is 3. The quantitative estimate of drug-likeness (QED) is 0.160. The Morgan fingerprint density at radius 2 is 0.652 bits per heavy atom. The van der Waals surface area contributed by atoms with Gasteiger partial charge in [0.15, 0.2) is 0 Å². The second kappa shape index (κ2) is 15.8. The molecule has 2 aliphatic heterocycles. The van der Waals surface area contributed by atoms with Crippen LogP contribution in [0.25, 0.3) is 0 Å². The van der Waals surface area contributed by atoms with Crippen LogP contribution in [-0.4, -0.2) is 6.71 Å². The van der Waals surface area contributed by atoms with Gasteiger partial charge in [-0.2, -0.15) is 0 Å². The van der Waals surface area contributed by atoms with Gasteiger partial charge in [0.1, 0.15) is 0 Å². The third-order valence-corrected chi connectivity index (χ3v) is 14.0. The van der Waals surface area contributed by atoms with Crippen molar-refractivity contribution in [2.75, 3.05) is 14.7 Å². The van der Waals surface area contributed by atoms with E-state index in [1.54, 1.807) is 0 Å². The zero-order valence-electron chi connectivity index (χ0n) is 42.4. The van der Waals surface area contributed by atoms with Crippen molar-refractivity contribution in [2.45, 2.75) is 131 Å². The molecule has 336 valence electrons. The molecule has 2 aliphatic rings. The summed E-state index contributed by atoms with van der Waals surface area (Å²) in [5.74, 6) is 0. The van der Waals surface area contributed by atoms with Gasteiger partial charge in [0.05, 0.1) is 5.69 Å². The Labute approximate surface area is 397 Å². The average molecular weight is 868 g/mol. The average Bonchev–Trinajstić information content (AvgIpc) is 3.25. The van der Waals surface area contributed by atoms with Crippen molar-refractivity contribution in [2.24, 2.45) is 0 Å². The Morgan fingerprint density at radius 3 is 1.02 bits per heavy atom. The predicted octanol–water partition coefficient (Wildman–Crippen LogP) is 15.7. The van der Waals surface area contributed by atoms with Crippen molar-refractivity contribution in [1.82, 2.24) is 0 Å². The number of fused-ring (bicyclic) bond motifs is 4. The lowest BCUT2D eigenvalue weighted by Gasteiger charge is -2.45. The molecule has 4 heteroatoms. The maximum absolute atomic E-state index is 2.57. The smallest absolute Gasteiger partial charge is 0.252 e. The van der Waals surface area contributed by atoms with Crippen LogP contribution in [0.5, 0.6) is 0 Å². The molecule has 0 saturated heterocycles. The highest BCUT2D eigenvalue weighted by Crippen LogP contribution is 2.49. The van der Waals surface area contributed by atoms with Gasteiger partial charge in [0, 0.05) is 45.5 Å². The van der Waals surface area contributed by atoms with Crippen LogP contribution < -0.4 is 31.1 Å². The Kier molecular flexibility index (Phi) is 10.8. The normalized spacial score (nSPS) is 13.9. The first-order valence-electron chi connectivity index (χ1n) is 24.1. The summed E-state index contributed by atoms with van der Waals surface area (Å²) in [6, 6.07) is 58.4. The highest BCUT2D eigenvalue weighted by Gasteiger charge is 2.45. The third-order valence-electron chi connectivity index (χ3n) is 14.0. The van der Waals surface area contributed by atoms with Crippen molar-refractivity contribution in [3.63, 3.8) is 0 Å². The van der Waals surface area contributed by atoms with Crippen LogP contribution in [-0.2, 0) is 27.1 Å². The number of anilines is 9. The maximum Gasteiger partial charge on any atom is 0.252 e. The molecule has 0 aromatic heterocycles. The van der Waals surface area contributed by atoms with Crippen LogP contribution in [0, 0.1) is 0 Å². The van der Waals surface area contributed by atoms with Crippen molar-refractivity contribution >= 4 is 74.3 Å². The number of rotatable bonds is 5. The summed E-state index contributed by atoms with van der Waals surface area (Å²) >= 11 is 0. The van der Waals surface area contributed by atoms with E-state index in [0.29, 0.717) is 0 Å². The summed E-state index contributed by atoms with van der Waals surface area (Å²) in [6.45, 7) is 34.7. The SMILES string of the molecule is CC(C)(C)c1ccc(N(c2ccccc2)c2cc3c4c(c2)N(c2ccc(C(C)(C)C)cc2)c2ccc(C(C)(C)C)cc2B4c2cc(C(C)(C)C)ccc2N3c2ccc(C(C)(C)C)cc2)cc1. The largest absolute Gasteiger partial charge is 0.311 e. The molecule has 3 nitrogen and oxygen atoms in total. The van der Waals surface area contributed by atoms with Gasteiger partial charge in [-0.15, -0.1) is 0 Å². The molecule has 0 spiro atoms. The highest BCUT2D eigenvalue weighted by atomic mass is 15.2. The van der Waals surface area contributed by atoms with E-state index in [1.807, 2.05) is 0 Å². The van der Waals surface area contributed by atoms with Crippen LogP contribution >= 0.6 is 0 Å². The van der Waals surface area contributed by atoms with Crippen molar-refractivity contribution < 1.29 is 0 Å². The zero-order chi connectivity index (χ0) is 47.3. The Balaban J connectivity index is 1.42. The van der Waals surface area contributed by atoms with E-state index in [2.05, 4.69) is 270 Å². The van der Waals surface area contributed by atoms with Gasteiger partial charge in [-0.05, 0) is 144 Å². The van der Waals surface area contributed by atoms with E-state index < -0.39 is 0 Å². The van der Waals surface area contributed by atoms with E-state index in [4.69, 9.17) is 0 Å². The van der Waals surface area contributed by atoms with Gasteiger partial charge in [-0.1, -0.05) is 183 Å². The molecule has 0 unspecified atom stereocenters. The third kappa shape index (κ3) is 8.16. The summed E-state index contributed by atoms with van der Waals surface area (Å²) in [6.07, 6.45) is 0. The summed E-state index contributed by atoms with van der Waals surface area (Å²) in [4.78, 5) is 7.59. The minimum absolute atomic E-state index is 0.00917. The number of nitrogens with zero attached hydrogens (tertiary/aromatic N) is 3. The fourth-order valence-corrected chi connectivity index (χ4v) is 9.97. The molecule has 0 aliphatic carbocycles. The zero-order valence-corrected chi connectivity index (χ0v) is 42.4. The number of hydrogen-bond donors (Lipinski definition) is 0. The lowest BCUT2D eigenvalue weighted by molar-refractivity contribution is 0.590. The van der Waals surface area contributed by atoms with Crippen LogP contribution in [0.4, 0.5) is 51.2 Å². The molecule has 66 heavy (non-hydrogen) atoms. The van der Waals surface area contributed by atoms with Crippen LogP contribution in [0.1, 0.15) is 132 Å². The fourth-order valence-electron chi connectivity index (χ4n) is 9.97. The first kappa shape index (κ1) is 45.2. The lowest BCUT2D eigenvalue weighted by Crippen LogP contribution is -2.61. The summed E-state index contributed by atoms with van der Waals surface area (Å²) in [5.41, 5.74) is 21.2. The number of para-hydroxylation sites is 1. The molecule has 9 rings (SSSR count). The standard InChI is InChI=1S/C62H70BN3/c1-58(2,3)41-21-29-47(30-22-41)64(46-19-17-16-18-20-46)50-39-55-57-56(40-50)66(49-33-25-43(26-34-49)60(7,8)9)54-36-28-45(62(13,14)15)38-52(54)63(57)51-37-44(61(10,11)12)27-35-53(51)65(55)48-31-23-42(24-32-48)59(4,5)6/h16-40H,1-15H3. The van der Waals surface area contributed by atoms with Gasteiger partial charge in [0.25, 0.3) is 6.71 Å². The molecule has 7 aromatic rings. The molecule has 2 heterocycles. The molecule has 0 atom stereocenters. The Morgan fingerprint density at radius 1 is 0.318 bits per heavy atom. The van der Waals surface area contributed by atoms with E-state index in [1.165, 1.54) is 67.0 Å². The maximum atomic E-state index is 2.57. The highest BCUT2D eigenvalue weighted by molar-refractivity contribution is 7.00. The van der Waals surface area contributed by atoms with Gasteiger partial charge in [-0.3, -0.25) is 0 Å². The van der Waals surface area contributed by atoms with Crippen molar-refractivity contribution in [1.29, 1.82) is 0 Å². The van der Waals surface area contributed by atoms with Crippen LogP contribution in [0.3, 0.4) is 0 Å². The summed E-state index contributed by atoms with van der Waals surface area (Å²) < 4.78 is 0. The molecule has 0 N–H and O–H groups in total. The minimum Gasteiger partial charge on any atom is -0.311 e. The first-order chi connectivity index (χ1) is 30.9. The summed E-state index contributed by atoms with van der Waals surface area (Å²) in [5, 5.41) is 0. The van der Waals surface area contributed by atoms with Gasteiger partial charge in [-0.25, -0.2) is 0 Å². The predicted molar refractivity (Wildman–Crippen MR) is 289 cm³/mol. The lowest BCUT2D eigenvalue weighted by atomic mass is 9.33. The molecule has 0 radical (unpaired) electrons. The van der Waals surface area contributed by atoms with Crippen molar-refractivity contribution in [3.05, 3.63) is 179 Å². The second-order valence-electron chi connectivity index (χ2n) is 24.1. The van der Waals surface area contributed by atoms with Crippen LogP contribution in [0.15, 0.2) is 152 Å². The van der Waals surface area contributed by atoms with E-state index >= 15 is 0 Å². The topological polar surface area (TPSA) is 9.72 Å². The Bertz CT molecular complexity index is 2760. The molecule has 0 amide bonds. The molecular weight excluding hydrogens is 798 g/mol.